The molecule has 0 saturated carbocycles. The minimum atomic E-state index is -0.517. The summed E-state index contributed by atoms with van der Waals surface area (Å²) in [5, 5.41) is 14.8. The van der Waals surface area contributed by atoms with Crippen molar-refractivity contribution in [2.75, 3.05) is 17.2 Å². The number of rotatable bonds is 7. The molecule has 166 valence electrons. The summed E-state index contributed by atoms with van der Waals surface area (Å²) in [7, 11) is 0. The van der Waals surface area contributed by atoms with Crippen molar-refractivity contribution < 1.29 is 18.7 Å². The molecular formula is C26H22FN3O3. The number of nitrogens with zero attached hydrogens (tertiary/aromatic N) is 1. The Hall–Kier alpha value is -4.44. The second kappa shape index (κ2) is 10.7. The second-order valence-corrected chi connectivity index (χ2v) is 7.29. The van der Waals surface area contributed by atoms with Crippen LogP contribution in [-0.4, -0.2) is 18.4 Å². The largest absolute Gasteiger partial charge is 0.484 e. The van der Waals surface area contributed by atoms with Crippen LogP contribution >= 0.6 is 0 Å². The number of amides is 2. The van der Waals surface area contributed by atoms with E-state index in [1.165, 1.54) is 30.3 Å². The predicted molar refractivity (Wildman–Crippen MR) is 125 cm³/mol. The van der Waals surface area contributed by atoms with Crippen molar-refractivity contribution in [1.82, 2.24) is 0 Å². The number of carbonyl (C=O) groups is 2. The summed E-state index contributed by atoms with van der Waals surface area (Å²) in [5.74, 6) is -0.928. The van der Waals surface area contributed by atoms with E-state index in [-0.39, 0.29) is 12.2 Å². The first-order valence-corrected chi connectivity index (χ1v) is 10.1. The predicted octanol–water partition coefficient (Wildman–Crippen LogP) is 5.01. The van der Waals surface area contributed by atoms with Crippen LogP contribution < -0.4 is 15.4 Å². The maximum Gasteiger partial charge on any atom is 0.266 e. The maximum absolute atomic E-state index is 13.0. The Morgan fingerprint density at radius 3 is 2.48 bits per heavy atom. The lowest BCUT2D eigenvalue weighted by Crippen LogP contribution is -2.20. The third-order valence-electron chi connectivity index (χ3n) is 4.88. The van der Waals surface area contributed by atoms with Gasteiger partial charge in [-0.1, -0.05) is 24.3 Å². The number of benzene rings is 3. The van der Waals surface area contributed by atoms with E-state index in [0.717, 1.165) is 11.1 Å². The van der Waals surface area contributed by atoms with E-state index >= 15 is 0 Å². The van der Waals surface area contributed by atoms with Crippen molar-refractivity contribution in [3.8, 4) is 11.8 Å². The van der Waals surface area contributed by atoms with Gasteiger partial charge in [-0.2, -0.15) is 5.26 Å². The Bertz CT molecular complexity index is 1240. The zero-order chi connectivity index (χ0) is 23.8. The highest BCUT2D eigenvalue weighted by atomic mass is 19.1. The fourth-order valence-electron chi connectivity index (χ4n) is 2.96. The van der Waals surface area contributed by atoms with E-state index in [1.54, 1.807) is 30.3 Å². The normalized spacial score (nSPS) is 10.8. The molecule has 2 N–H and O–H groups in total. The fraction of sp³-hybridized carbons (Fsp3) is 0.115. The van der Waals surface area contributed by atoms with Crippen LogP contribution in [0.15, 0.2) is 72.3 Å². The van der Waals surface area contributed by atoms with Crippen LogP contribution in [0.1, 0.15) is 16.7 Å². The topological polar surface area (TPSA) is 91.2 Å². The van der Waals surface area contributed by atoms with E-state index in [4.69, 9.17) is 4.74 Å². The number of halogens is 1. The molecule has 0 spiro atoms. The Balaban J connectivity index is 1.65. The van der Waals surface area contributed by atoms with Crippen molar-refractivity contribution in [2.24, 2.45) is 0 Å². The number of ether oxygens (including phenoxy) is 1. The van der Waals surface area contributed by atoms with Crippen LogP contribution in [-0.2, 0) is 9.59 Å². The molecule has 0 unspecified atom stereocenters. The Labute approximate surface area is 191 Å². The van der Waals surface area contributed by atoms with Gasteiger partial charge in [0.15, 0.2) is 6.61 Å². The molecule has 6 nitrogen and oxygen atoms in total. The molecule has 3 aromatic carbocycles. The third kappa shape index (κ3) is 6.52. The lowest BCUT2D eigenvalue weighted by atomic mass is 10.1. The van der Waals surface area contributed by atoms with E-state index < -0.39 is 17.6 Å². The first-order valence-electron chi connectivity index (χ1n) is 10.1. The molecule has 0 heterocycles. The van der Waals surface area contributed by atoms with Gasteiger partial charge < -0.3 is 15.4 Å². The number of nitrogens with one attached hydrogen (secondary N) is 2. The first kappa shape index (κ1) is 23.2. The van der Waals surface area contributed by atoms with Crippen molar-refractivity contribution in [2.45, 2.75) is 13.8 Å². The highest BCUT2D eigenvalue weighted by Crippen LogP contribution is 2.20. The van der Waals surface area contributed by atoms with Gasteiger partial charge in [0.2, 0.25) is 0 Å². The van der Waals surface area contributed by atoms with Gasteiger partial charge in [-0.3, -0.25) is 9.59 Å². The summed E-state index contributed by atoms with van der Waals surface area (Å²) in [6, 6.07) is 19.6. The smallest absolute Gasteiger partial charge is 0.266 e. The first-order chi connectivity index (χ1) is 15.9. The Morgan fingerprint density at radius 2 is 1.76 bits per heavy atom. The summed E-state index contributed by atoms with van der Waals surface area (Å²) in [6.45, 7) is 3.58. The minimum Gasteiger partial charge on any atom is -0.484 e. The molecule has 0 saturated heterocycles. The van der Waals surface area contributed by atoms with E-state index in [0.29, 0.717) is 22.7 Å². The van der Waals surface area contributed by atoms with Gasteiger partial charge in [0.1, 0.15) is 23.2 Å². The van der Waals surface area contributed by atoms with Gasteiger partial charge in [-0.25, -0.2) is 4.39 Å². The van der Waals surface area contributed by atoms with Crippen molar-refractivity contribution in [3.05, 3.63) is 94.8 Å². The number of hydrogen-bond acceptors (Lipinski definition) is 4. The van der Waals surface area contributed by atoms with Gasteiger partial charge in [-0.05, 0) is 79.1 Å². The molecule has 0 fully saturated rings. The van der Waals surface area contributed by atoms with Gasteiger partial charge in [0, 0.05) is 11.4 Å². The van der Waals surface area contributed by atoms with Crippen LogP contribution in [0.2, 0.25) is 0 Å². The Kier molecular flexibility index (Phi) is 7.55. The summed E-state index contributed by atoms with van der Waals surface area (Å²) < 4.78 is 18.5. The number of aryl methyl sites for hydroxylation is 1. The third-order valence-corrected chi connectivity index (χ3v) is 4.88. The van der Waals surface area contributed by atoms with Crippen LogP contribution in [0.4, 0.5) is 15.8 Å². The highest BCUT2D eigenvalue weighted by molar-refractivity contribution is 6.10. The molecule has 0 aliphatic heterocycles. The van der Waals surface area contributed by atoms with Crippen molar-refractivity contribution >= 4 is 29.3 Å². The van der Waals surface area contributed by atoms with E-state index in [9.17, 15) is 19.2 Å². The lowest BCUT2D eigenvalue weighted by molar-refractivity contribution is -0.118. The maximum atomic E-state index is 13.0. The molecule has 0 aliphatic rings. The molecule has 33 heavy (non-hydrogen) atoms. The van der Waals surface area contributed by atoms with Crippen LogP contribution in [0.5, 0.6) is 5.75 Å². The standard InChI is InChI=1S/C26H22FN3O3/c1-17-5-3-8-24(18(17)2)30-26(32)20(15-28)13-19-6-4-7-23(14-19)33-16-25(31)29-22-11-9-21(27)10-12-22/h3-14H,16H2,1-2H3,(H,29,31)(H,30,32). The summed E-state index contributed by atoms with van der Waals surface area (Å²) in [4.78, 5) is 24.7. The van der Waals surface area contributed by atoms with Crippen molar-refractivity contribution in [1.29, 1.82) is 5.26 Å². The molecule has 3 aromatic rings. The molecule has 7 heteroatoms. The Morgan fingerprint density at radius 1 is 1.03 bits per heavy atom. The monoisotopic (exact) mass is 443 g/mol. The number of carbonyl (C=O) groups excluding carboxylic acids is 2. The number of anilines is 2. The van der Waals surface area contributed by atoms with Crippen LogP contribution in [0.25, 0.3) is 6.08 Å². The zero-order valence-corrected chi connectivity index (χ0v) is 18.2. The number of nitriles is 1. The molecule has 2 amide bonds. The quantitative estimate of drug-likeness (QED) is 0.397. The van der Waals surface area contributed by atoms with Crippen LogP contribution in [0.3, 0.4) is 0 Å². The lowest BCUT2D eigenvalue weighted by Gasteiger charge is -2.10. The summed E-state index contributed by atoms with van der Waals surface area (Å²) >= 11 is 0. The van der Waals surface area contributed by atoms with Crippen molar-refractivity contribution in [3.63, 3.8) is 0 Å². The fourth-order valence-corrected chi connectivity index (χ4v) is 2.96. The van der Waals surface area contributed by atoms with Gasteiger partial charge in [-0.15, -0.1) is 0 Å². The minimum absolute atomic E-state index is 0.0675. The van der Waals surface area contributed by atoms with E-state index in [1.807, 2.05) is 32.0 Å². The zero-order valence-electron chi connectivity index (χ0n) is 18.2. The second-order valence-electron chi connectivity index (χ2n) is 7.29. The molecular weight excluding hydrogens is 421 g/mol. The molecule has 3 rings (SSSR count). The number of hydrogen-bond donors (Lipinski definition) is 2. The molecule has 0 aliphatic carbocycles. The van der Waals surface area contributed by atoms with Gasteiger partial charge >= 0.3 is 0 Å². The molecule has 0 atom stereocenters. The SMILES string of the molecule is Cc1cccc(NC(=O)C(C#N)=Cc2cccc(OCC(=O)Nc3ccc(F)cc3)c2)c1C. The molecule has 0 bridgehead atoms. The highest BCUT2D eigenvalue weighted by Gasteiger charge is 2.12. The average Bonchev–Trinajstić information content (AvgIpc) is 2.81. The van der Waals surface area contributed by atoms with Gasteiger partial charge in [0.05, 0.1) is 0 Å². The summed E-state index contributed by atoms with van der Waals surface area (Å²) in [6.07, 6.45) is 1.45. The van der Waals surface area contributed by atoms with E-state index in [2.05, 4.69) is 10.6 Å². The van der Waals surface area contributed by atoms with Crippen LogP contribution in [0, 0.1) is 31.0 Å². The van der Waals surface area contributed by atoms with Gasteiger partial charge in [0.25, 0.3) is 11.8 Å². The average molecular weight is 443 g/mol. The molecule has 0 aromatic heterocycles. The summed E-state index contributed by atoms with van der Waals surface area (Å²) in [5.41, 5.74) is 3.56. The molecule has 0 radical (unpaired) electrons.